The summed E-state index contributed by atoms with van der Waals surface area (Å²) in [7, 11) is 1.70. The molecule has 0 bridgehead atoms. The monoisotopic (exact) mass is 390 g/mol. The van der Waals surface area contributed by atoms with Gasteiger partial charge in [-0.25, -0.2) is 0 Å². The Bertz CT molecular complexity index is 959. The van der Waals surface area contributed by atoms with Crippen molar-refractivity contribution in [2.75, 3.05) is 13.7 Å². The van der Waals surface area contributed by atoms with E-state index >= 15 is 0 Å². The van der Waals surface area contributed by atoms with Gasteiger partial charge in [-0.3, -0.25) is 9.78 Å². The SMILES string of the molecule is COc1cncc(C2=CC=C3[C@@H]4CCC5=CC(=O)NCC[C@]5(C)[C@H]4CC[C@]23C)c1. The van der Waals surface area contributed by atoms with Gasteiger partial charge in [0, 0.05) is 29.8 Å². The Morgan fingerprint density at radius 3 is 2.86 bits per heavy atom. The highest BCUT2D eigenvalue weighted by Gasteiger charge is 2.54. The molecule has 0 aromatic carbocycles. The molecule has 29 heavy (non-hydrogen) atoms. The summed E-state index contributed by atoms with van der Waals surface area (Å²) >= 11 is 0. The van der Waals surface area contributed by atoms with Crippen molar-refractivity contribution in [1.82, 2.24) is 10.3 Å². The van der Waals surface area contributed by atoms with Crippen LogP contribution in [0.2, 0.25) is 0 Å². The van der Waals surface area contributed by atoms with Crippen molar-refractivity contribution >= 4 is 11.5 Å². The first-order valence-electron chi connectivity index (χ1n) is 10.9. The molecule has 0 spiro atoms. The second-order valence-electron chi connectivity index (χ2n) is 9.57. The summed E-state index contributed by atoms with van der Waals surface area (Å²) in [5, 5.41) is 3.06. The van der Waals surface area contributed by atoms with Crippen molar-refractivity contribution in [3.63, 3.8) is 0 Å². The molecule has 2 saturated carbocycles. The fourth-order valence-corrected chi connectivity index (χ4v) is 6.65. The lowest BCUT2D eigenvalue weighted by atomic mass is 9.49. The number of methoxy groups -OCH3 is 1. The molecular formula is C25H30N2O2. The van der Waals surface area contributed by atoms with Gasteiger partial charge in [-0.1, -0.05) is 37.1 Å². The lowest BCUT2D eigenvalue weighted by Gasteiger charge is -2.55. The summed E-state index contributed by atoms with van der Waals surface area (Å²) < 4.78 is 5.42. The zero-order valence-corrected chi connectivity index (χ0v) is 17.6. The van der Waals surface area contributed by atoms with Gasteiger partial charge in [0.1, 0.15) is 5.75 Å². The highest BCUT2D eigenvalue weighted by atomic mass is 16.5. The number of hydrogen-bond acceptors (Lipinski definition) is 3. The lowest BCUT2D eigenvalue weighted by molar-refractivity contribution is -0.116. The quantitative estimate of drug-likeness (QED) is 0.797. The maximum atomic E-state index is 12.1. The predicted molar refractivity (Wildman–Crippen MR) is 114 cm³/mol. The van der Waals surface area contributed by atoms with Gasteiger partial charge in [0.25, 0.3) is 0 Å². The Hall–Kier alpha value is -2.36. The predicted octanol–water partition coefficient (Wildman–Crippen LogP) is 4.69. The van der Waals surface area contributed by atoms with Crippen LogP contribution in [-0.4, -0.2) is 24.5 Å². The van der Waals surface area contributed by atoms with Gasteiger partial charge in [-0.2, -0.15) is 0 Å². The molecule has 4 atom stereocenters. The van der Waals surface area contributed by atoms with E-state index in [2.05, 4.69) is 42.4 Å². The molecule has 2 heterocycles. The third kappa shape index (κ3) is 2.72. The van der Waals surface area contributed by atoms with E-state index in [1.165, 1.54) is 23.1 Å². The normalized spacial score (nSPS) is 35.8. The van der Waals surface area contributed by atoms with E-state index in [0.29, 0.717) is 11.8 Å². The number of amides is 1. The summed E-state index contributed by atoms with van der Waals surface area (Å²) in [5.41, 5.74) is 5.72. The minimum atomic E-state index is 0.0750. The molecule has 0 unspecified atom stereocenters. The van der Waals surface area contributed by atoms with E-state index in [-0.39, 0.29) is 16.7 Å². The molecule has 1 amide bonds. The average molecular weight is 391 g/mol. The summed E-state index contributed by atoms with van der Waals surface area (Å²) in [4.78, 5) is 16.5. The molecule has 152 valence electrons. The molecule has 0 saturated heterocycles. The summed E-state index contributed by atoms with van der Waals surface area (Å²) in [5.74, 6) is 2.12. The molecule has 1 aromatic rings. The van der Waals surface area contributed by atoms with Crippen LogP contribution in [0.3, 0.4) is 0 Å². The smallest absolute Gasteiger partial charge is 0.243 e. The first-order chi connectivity index (χ1) is 14.0. The third-order valence-electron chi connectivity index (χ3n) is 8.29. The lowest BCUT2D eigenvalue weighted by Crippen LogP contribution is -2.46. The van der Waals surface area contributed by atoms with Crippen LogP contribution in [0.5, 0.6) is 5.75 Å². The summed E-state index contributed by atoms with van der Waals surface area (Å²) in [6, 6.07) is 2.11. The maximum Gasteiger partial charge on any atom is 0.243 e. The fourth-order valence-electron chi connectivity index (χ4n) is 6.65. The van der Waals surface area contributed by atoms with Crippen molar-refractivity contribution in [1.29, 1.82) is 0 Å². The number of pyridine rings is 1. The standard InChI is InChI=1S/C25H30N2O2/c1-24-10-11-27-23(28)13-17(24)4-5-19-21-7-6-20(25(21,2)9-8-22(19)24)16-12-18(29-3)15-26-14-16/h6-7,12-15,19,22H,4-5,8-11H2,1-3H3,(H,27,28)/t19-,22-,24-,25+/m0/s1. The molecule has 0 radical (unpaired) electrons. The van der Waals surface area contributed by atoms with Gasteiger partial charge in [0.15, 0.2) is 0 Å². The summed E-state index contributed by atoms with van der Waals surface area (Å²) in [6.45, 7) is 5.61. The Kier molecular flexibility index (Phi) is 4.23. The first-order valence-corrected chi connectivity index (χ1v) is 10.9. The van der Waals surface area contributed by atoms with E-state index in [1.807, 2.05) is 12.3 Å². The van der Waals surface area contributed by atoms with Crippen molar-refractivity contribution in [3.8, 4) is 5.75 Å². The summed E-state index contributed by atoms with van der Waals surface area (Å²) in [6.07, 6.45) is 15.9. The Morgan fingerprint density at radius 1 is 1.17 bits per heavy atom. The van der Waals surface area contributed by atoms with E-state index in [4.69, 9.17) is 4.74 Å². The van der Waals surface area contributed by atoms with Crippen LogP contribution in [0.25, 0.3) is 5.57 Å². The van der Waals surface area contributed by atoms with Gasteiger partial charge >= 0.3 is 0 Å². The molecule has 1 aliphatic heterocycles. The molecular weight excluding hydrogens is 360 g/mol. The Balaban J connectivity index is 1.48. The molecule has 5 rings (SSSR count). The molecule has 1 aromatic heterocycles. The van der Waals surface area contributed by atoms with Crippen LogP contribution in [0.1, 0.15) is 51.5 Å². The van der Waals surface area contributed by atoms with Crippen molar-refractivity contribution < 1.29 is 9.53 Å². The fraction of sp³-hybridized carbons (Fsp3) is 0.520. The maximum absolute atomic E-state index is 12.1. The topological polar surface area (TPSA) is 51.2 Å². The van der Waals surface area contributed by atoms with Gasteiger partial charge < -0.3 is 10.1 Å². The molecule has 4 aliphatic rings. The minimum Gasteiger partial charge on any atom is -0.495 e. The number of carbonyl (C=O) groups is 1. The molecule has 3 aliphatic carbocycles. The number of nitrogens with zero attached hydrogens (tertiary/aromatic N) is 1. The number of fused-ring (bicyclic) bond motifs is 5. The van der Waals surface area contributed by atoms with E-state index in [0.717, 1.165) is 38.0 Å². The molecule has 1 N–H and O–H groups in total. The van der Waals surface area contributed by atoms with Gasteiger partial charge in [-0.15, -0.1) is 0 Å². The van der Waals surface area contributed by atoms with Crippen molar-refractivity contribution in [2.45, 2.75) is 46.0 Å². The number of carbonyl (C=O) groups excluding carboxylic acids is 1. The highest BCUT2D eigenvalue weighted by molar-refractivity contribution is 5.89. The Morgan fingerprint density at radius 2 is 2.03 bits per heavy atom. The van der Waals surface area contributed by atoms with E-state index in [9.17, 15) is 4.79 Å². The molecule has 2 fully saturated rings. The van der Waals surface area contributed by atoms with Gasteiger partial charge in [0.2, 0.25) is 5.91 Å². The zero-order valence-electron chi connectivity index (χ0n) is 17.6. The average Bonchev–Trinajstić information content (AvgIpc) is 2.99. The van der Waals surface area contributed by atoms with Crippen LogP contribution in [0.4, 0.5) is 0 Å². The van der Waals surface area contributed by atoms with E-state index < -0.39 is 0 Å². The minimum absolute atomic E-state index is 0.0750. The second-order valence-corrected chi connectivity index (χ2v) is 9.57. The van der Waals surface area contributed by atoms with Crippen LogP contribution in [0, 0.1) is 22.7 Å². The number of rotatable bonds is 2. The van der Waals surface area contributed by atoms with Crippen LogP contribution in [-0.2, 0) is 4.79 Å². The number of hydrogen-bond donors (Lipinski definition) is 1. The third-order valence-corrected chi connectivity index (χ3v) is 8.29. The first kappa shape index (κ1) is 18.7. The van der Waals surface area contributed by atoms with Crippen LogP contribution in [0.15, 0.2) is 47.8 Å². The van der Waals surface area contributed by atoms with Crippen LogP contribution >= 0.6 is 0 Å². The van der Waals surface area contributed by atoms with Gasteiger partial charge in [0.05, 0.1) is 13.3 Å². The highest BCUT2D eigenvalue weighted by Crippen LogP contribution is 2.64. The van der Waals surface area contributed by atoms with E-state index in [1.54, 1.807) is 18.9 Å². The van der Waals surface area contributed by atoms with Crippen molar-refractivity contribution in [3.05, 3.63) is 53.4 Å². The van der Waals surface area contributed by atoms with Crippen molar-refractivity contribution in [2.24, 2.45) is 22.7 Å². The molecule has 4 heteroatoms. The molecule has 4 nitrogen and oxygen atoms in total. The van der Waals surface area contributed by atoms with Gasteiger partial charge in [-0.05, 0) is 61.0 Å². The van der Waals surface area contributed by atoms with Crippen LogP contribution < -0.4 is 10.1 Å². The second kappa shape index (κ2) is 6.58. The largest absolute Gasteiger partial charge is 0.495 e. The zero-order chi connectivity index (χ0) is 20.2. The number of ether oxygens (including phenoxy) is 1. The number of nitrogens with one attached hydrogen (secondary N) is 1. The number of allylic oxidation sites excluding steroid dienone is 5. The number of aromatic nitrogens is 1. The Labute approximate surface area is 173 Å².